The van der Waals surface area contributed by atoms with E-state index >= 15 is 0 Å². The van der Waals surface area contributed by atoms with Gasteiger partial charge in [0.2, 0.25) is 0 Å². The predicted octanol–water partition coefficient (Wildman–Crippen LogP) is -0.00170. The van der Waals surface area contributed by atoms with E-state index in [9.17, 15) is 9.59 Å². The molecule has 0 aliphatic rings. The third kappa shape index (κ3) is 1.38. The van der Waals surface area contributed by atoms with Crippen molar-refractivity contribution in [3.8, 4) is 0 Å². The van der Waals surface area contributed by atoms with Gasteiger partial charge in [-0.25, -0.2) is 0 Å². The van der Waals surface area contributed by atoms with E-state index in [1.165, 1.54) is 17.4 Å². The molecular weight excluding hydrogens is 164 g/mol. The minimum absolute atomic E-state index is 0.197. The first-order valence-electron chi connectivity index (χ1n) is 2.80. The summed E-state index contributed by atoms with van der Waals surface area (Å²) in [5, 5.41) is 1.96. The van der Waals surface area contributed by atoms with Crippen LogP contribution in [0.1, 0.15) is 10.4 Å². The van der Waals surface area contributed by atoms with Gasteiger partial charge in [0, 0.05) is 0 Å². The van der Waals surface area contributed by atoms with E-state index in [0.717, 1.165) is 0 Å². The molecule has 58 valence electrons. The highest BCUT2D eigenvalue weighted by Gasteiger charge is 2.15. The number of primary amides is 1. The summed E-state index contributed by atoms with van der Waals surface area (Å²) in [6.07, 6.45) is 0. The molecule has 0 atom stereocenters. The molecule has 0 spiro atoms. The molecule has 0 aromatic carbocycles. The lowest BCUT2D eigenvalue weighted by atomic mass is 10.2. The topological polar surface area (TPSA) is 86.2 Å². The van der Waals surface area contributed by atoms with Crippen LogP contribution in [0.3, 0.4) is 0 Å². The fourth-order valence-corrected chi connectivity index (χ4v) is 1.28. The molecule has 1 heterocycles. The Labute approximate surface area is 66.8 Å². The number of Topliss-reactive ketones (excluding diaryl/α,β-unsaturated/α-hetero) is 1. The van der Waals surface area contributed by atoms with E-state index in [1.807, 2.05) is 0 Å². The summed E-state index contributed by atoms with van der Waals surface area (Å²) in [6, 6.07) is 1.48. The first-order chi connectivity index (χ1) is 5.13. The van der Waals surface area contributed by atoms with Gasteiger partial charge in [0.05, 0.1) is 10.6 Å². The number of thiophene rings is 1. The van der Waals surface area contributed by atoms with E-state index in [0.29, 0.717) is 5.00 Å². The number of amides is 1. The highest BCUT2D eigenvalue weighted by atomic mass is 32.1. The molecule has 0 bridgehead atoms. The summed E-state index contributed by atoms with van der Waals surface area (Å²) >= 11 is 1.20. The van der Waals surface area contributed by atoms with Crippen molar-refractivity contribution < 1.29 is 9.59 Å². The Balaban J connectivity index is 3.02. The molecule has 4 nitrogen and oxygen atoms in total. The summed E-state index contributed by atoms with van der Waals surface area (Å²) in [5.74, 6) is -1.71. The Morgan fingerprint density at radius 3 is 2.45 bits per heavy atom. The molecule has 4 N–H and O–H groups in total. The van der Waals surface area contributed by atoms with Gasteiger partial charge in [-0.2, -0.15) is 0 Å². The molecule has 0 saturated carbocycles. The van der Waals surface area contributed by atoms with Gasteiger partial charge in [0.1, 0.15) is 0 Å². The summed E-state index contributed by atoms with van der Waals surface area (Å²) in [7, 11) is 0. The number of nitrogens with two attached hydrogens (primary N) is 2. The monoisotopic (exact) mass is 170 g/mol. The zero-order valence-corrected chi connectivity index (χ0v) is 6.35. The van der Waals surface area contributed by atoms with E-state index in [-0.39, 0.29) is 5.56 Å². The largest absolute Gasteiger partial charge is 0.390 e. The van der Waals surface area contributed by atoms with Crippen LogP contribution in [0.15, 0.2) is 11.4 Å². The average Bonchev–Trinajstić information content (AvgIpc) is 2.33. The van der Waals surface area contributed by atoms with Crippen molar-refractivity contribution in [2.24, 2.45) is 5.73 Å². The number of ketones is 1. The second-order valence-electron chi connectivity index (χ2n) is 1.89. The average molecular weight is 170 g/mol. The van der Waals surface area contributed by atoms with Gasteiger partial charge < -0.3 is 11.5 Å². The number of hydrogen-bond donors (Lipinski definition) is 2. The Kier molecular flexibility index (Phi) is 1.91. The first kappa shape index (κ1) is 7.74. The summed E-state index contributed by atoms with van der Waals surface area (Å²) in [5.41, 5.74) is 10.3. The van der Waals surface area contributed by atoms with Crippen LogP contribution in [-0.4, -0.2) is 11.7 Å². The van der Waals surface area contributed by atoms with Crippen LogP contribution in [0, 0.1) is 0 Å². The fourth-order valence-electron chi connectivity index (χ4n) is 0.641. The van der Waals surface area contributed by atoms with Gasteiger partial charge in [-0.3, -0.25) is 9.59 Å². The minimum Gasteiger partial charge on any atom is -0.390 e. The highest BCUT2D eigenvalue weighted by molar-refractivity contribution is 7.14. The summed E-state index contributed by atoms with van der Waals surface area (Å²) in [6.45, 7) is 0. The quantitative estimate of drug-likeness (QED) is 0.483. The number of anilines is 1. The number of carbonyl (C=O) groups is 2. The van der Waals surface area contributed by atoms with E-state index in [1.54, 1.807) is 5.38 Å². The molecule has 0 fully saturated rings. The third-order valence-electron chi connectivity index (χ3n) is 1.16. The maximum absolute atomic E-state index is 10.9. The van der Waals surface area contributed by atoms with E-state index in [4.69, 9.17) is 11.5 Å². The molecular formula is C6H6N2O2S. The maximum atomic E-state index is 10.9. The number of rotatable bonds is 2. The van der Waals surface area contributed by atoms with Crippen molar-refractivity contribution in [2.45, 2.75) is 0 Å². The minimum atomic E-state index is -0.977. The molecule has 0 aliphatic heterocycles. The van der Waals surface area contributed by atoms with Gasteiger partial charge in [-0.1, -0.05) is 0 Å². The van der Waals surface area contributed by atoms with Crippen molar-refractivity contribution >= 4 is 28.0 Å². The Morgan fingerprint density at radius 1 is 1.45 bits per heavy atom. The lowest BCUT2D eigenvalue weighted by Gasteiger charge is -1.91. The number of hydrogen-bond acceptors (Lipinski definition) is 4. The smallest absolute Gasteiger partial charge is 0.289 e. The Bertz CT molecular complexity index is 305. The van der Waals surface area contributed by atoms with Gasteiger partial charge in [-0.05, 0) is 11.4 Å². The molecule has 1 aromatic heterocycles. The van der Waals surface area contributed by atoms with Crippen LogP contribution in [-0.2, 0) is 4.79 Å². The lowest BCUT2D eigenvalue weighted by Crippen LogP contribution is -2.23. The van der Waals surface area contributed by atoms with Crippen molar-refractivity contribution in [1.82, 2.24) is 0 Å². The molecule has 0 unspecified atom stereocenters. The summed E-state index contributed by atoms with van der Waals surface area (Å²) in [4.78, 5) is 21.3. The van der Waals surface area contributed by atoms with Crippen LogP contribution in [0.4, 0.5) is 5.00 Å². The first-order valence-corrected chi connectivity index (χ1v) is 3.68. The predicted molar refractivity (Wildman–Crippen MR) is 42.3 cm³/mol. The van der Waals surface area contributed by atoms with E-state index < -0.39 is 11.7 Å². The van der Waals surface area contributed by atoms with Crippen molar-refractivity contribution in [3.05, 3.63) is 17.0 Å². The van der Waals surface area contributed by atoms with Gasteiger partial charge in [0.25, 0.3) is 11.7 Å². The van der Waals surface area contributed by atoms with Crippen molar-refractivity contribution in [1.29, 1.82) is 0 Å². The molecule has 0 aliphatic carbocycles. The third-order valence-corrected chi connectivity index (χ3v) is 1.91. The Hall–Kier alpha value is -1.36. The summed E-state index contributed by atoms with van der Waals surface area (Å²) < 4.78 is 0. The normalized spacial score (nSPS) is 9.45. The molecule has 0 saturated heterocycles. The van der Waals surface area contributed by atoms with Gasteiger partial charge >= 0.3 is 0 Å². The molecule has 1 amide bonds. The zero-order valence-electron chi connectivity index (χ0n) is 5.53. The standard InChI is InChI=1S/C6H6N2O2S/c7-5(10)4(9)3-1-2-11-6(3)8/h1-2H,8H2,(H2,7,10). The SMILES string of the molecule is NC(=O)C(=O)c1ccsc1N. The van der Waals surface area contributed by atoms with Crippen molar-refractivity contribution in [3.63, 3.8) is 0 Å². The second-order valence-corrected chi connectivity index (χ2v) is 2.84. The number of nitrogen functional groups attached to an aromatic ring is 1. The maximum Gasteiger partial charge on any atom is 0.289 e. The van der Waals surface area contributed by atoms with Crippen LogP contribution in [0.5, 0.6) is 0 Å². The molecule has 1 rings (SSSR count). The fraction of sp³-hybridized carbons (Fsp3) is 0. The molecule has 1 aromatic rings. The van der Waals surface area contributed by atoms with Crippen LogP contribution < -0.4 is 11.5 Å². The van der Waals surface area contributed by atoms with Crippen molar-refractivity contribution in [2.75, 3.05) is 5.73 Å². The van der Waals surface area contributed by atoms with Gasteiger partial charge in [0.15, 0.2) is 0 Å². The van der Waals surface area contributed by atoms with Crippen LogP contribution in [0.2, 0.25) is 0 Å². The Morgan fingerprint density at radius 2 is 2.09 bits per heavy atom. The zero-order chi connectivity index (χ0) is 8.43. The number of carbonyl (C=O) groups excluding carboxylic acids is 2. The molecule has 5 heteroatoms. The second kappa shape index (κ2) is 2.71. The molecule has 11 heavy (non-hydrogen) atoms. The van der Waals surface area contributed by atoms with E-state index in [2.05, 4.69) is 0 Å². The van der Waals surface area contributed by atoms with Gasteiger partial charge in [-0.15, -0.1) is 11.3 Å². The van der Waals surface area contributed by atoms with Crippen LogP contribution in [0.25, 0.3) is 0 Å². The highest BCUT2D eigenvalue weighted by Crippen LogP contribution is 2.18. The lowest BCUT2D eigenvalue weighted by molar-refractivity contribution is -0.114. The van der Waals surface area contributed by atoms with Crippen LogP contribution >= 0.6 is 11.3 Å². The molecule has 0 radical (unpaired) electrons.